The zero-order valence-electron chi connectivity index (χ0n) is 11.9. The molecule has 0 saturated carbocycles. The van der Waals surface area contributed by atoms with Gasteiger partial charge in [0.05, 0.1) is 0 Å². The van der Waals surface area contributed by atoms with E-state index in [9.17, 15) is 4.79 Å². The van der Waals surface area contributed by atoms with E-state index in [4.69, 9.17) is 0 Å². The van der Waals surface area contributed by atoms with Gasteiger partial charge in [0.15, 0.2) is 5.82 Å². The monoisotopic (exact) mass is 272 g/mol. The number of aromatic nitrogens is 3. The van der Waals surface area contributed by atoms with E-state index >= 15 is 0 Å². The molecule has 0 aromatic carbocycles. The van der Waals surface area contributed by atoms with Crippen LogP contribution in [0.4, 0.5) is 5.82 Å². The number of carbonyl (C=O) groups is 1. The second kappa shape index (κ2) is 6.84. The van der Waals surface area contributed by atoms with E-state index in [-0.39, 0.29) is 5.91 Å². The highest BCUT2D eigenvalue weighted by Gasteiger charge is 2.07. The van der Waals surface area contributed by atoms with Gasteiger partial charge in [0.25, 0.3) is 0 Å². The molecule has 2 aromatic rings. The van der Waals surface area contributed by atoms with Crippen molar-refractivity contribution in [2.24, 2.45) is 5.92 Å². The summed E-state index contributed by atoms with van der Waals surface area (Å²) in [7, 11) is 0. The van der Waals surface area contributed by atoms with Crippen LogP contribution < -0.4 is 5.32 Å². The molecule has 0 radical (unpaired) electrons. The summed E-state index contributed by atoms with van der Waals surface area (Å²) in [6.45, 7) is 4.78. The van der Waals surface area contributed by atoms with Crippen molar-refractivity contribution in [1.29, 1.82) is 0 Å². The molecular weight excluding hydrogens is 252 g/mol. The number of rotatable bonds is 6. The predicted molar refractivity (Wildman–Crippen MR) is 78.3 cm³/mol. The van der Waals surface area contributed by atoms with Crippen molar-refractivity contribution in [3.8, 4) is 0 Å². The number of pyridine rings is 1. The Morgan fingerprint density at radius 3 is 2.90 bits per heavy atom. The van der Waals surface area contributed by atoms with Crippen molar-refractivity contribution in [2.75, 3.05) is 5.32 Å². The number of aryl methyl sites for hydroxylation is 2. The Bertz CT molecular complexity index is 548. The Morgan fingerprint density at radius 1 is 1.35 bits per heavy atom. The van der Waals surface area contributed by atoms with Crippen LogP contribution in [-0.2, 0) is 17.8 Å². The molecule has 106 valence electrons. The number of nitrogens with zero attached hydrogens (tertiary/aromatic N) is 3. The SMILES string of the molecule is CC(C)CC(=O)Nc1ccn(CCc2ccccn2)n1. The van der Waals surface area contributed by atoms with Crippen LogP contribution in [0.25, 0.3) is 0 Å². The molecule has 0 atom stereocenters. The van der Waals surface area contributed by atoms with Gasteiger partial charge in [0, 0.05) is 43.5 Å². The van der Waals surface area contributed by atoms with E-state index in [1.807, 2.05) is 49.0 Å². The van der Waals surface area contributed by atoms with Gasteiger partial charge >= 0.3 is 0 Å². The van der Waals surface area contributed by atoms with Crippen LogP contribution in [0.2, 0.25) is 0 Å². The molecule has 1 amide bonds. The van der Waals surface area contributed by atoms with Gasteiger partial charge in [0.1, 0.15) is 0 Å². The molecule has 20 heavy (non-hydrogen) atoms. The fourth-order valence-electron chi connectivity index (χ4n) is 1.89. The van der Waals surface area contributed by atoms with E-state index in [0.29, 0.717) is 18.2 Å². The maximum Gasteiger partial charge on any atom is 0.225 e. The third-order valence-electron chi connectivity index (χ3n) is 2.82. The van der Waals surface area contributed by atoms with Gasteiger partial charge in [-0.3, -0.25) is 14.5 Å². The Labute approximate surface area is 119 Å². The summed E-state index contributed by atoms with van der Waals surface area (Å²) in [5, 5.41) is 7.13. The summed E-state index contributed by atoms with van der Waals surface area (Å²) in [5.74, 6) is 0.966. The van der Waals surface area contributed by atoms with Gasteiger partial charge in [-0.25, -0.2) is 0 Å². The fraction of sp³-hybridized carbons (Fsp3) is 0.400. The van der Waals surface area contributed by atoms with Crippen molar-refractivity contribution >= 4 is 11.7 Å². The molecular formula is C15H20N4O. The maximum atomic E-state index is 11.6. The minimum Gasteiger partial charge on any atom is -0.309 e. The Hall–Kier alpha value is -2.17. The average Bonchev–Trinajstić information content (AvgIpc) is 2.84. The standard InChI is InChI=1S/C15H20N4O/c1-12(2)11-15(20)17-14-7-10-19(18-14)9-6-13-5-3-4-8-16-13/h3-5,7-8,10,12H,6,9,11H2,1-2H3,(H,17,18,20). The van der Waals surface area contributed by atoms with Gasteiger partial charge in [-0.2, -0.15) is 5.10 Å². The summed E-state index contributed by atoms with van der Waals surface area (Å²) in [4.78, 5) is 15.9. The van der Waals surface area contributed by atoms with E-state index in [1.165, 1.54) is 0 Å². The molecule has 0 aliphatic rings. The summed E-state index contributed by atoms with van der Waals surface area (Å²) >= 11 is 0. The lowest BCUT2D eigenvalue weighted by atomic mass is 10.1. The fourth-order valence-corrected chi connectivity index (χ4v) is 1.89. The highest BCUT2D eigenvalue weighted by atomic mass is 16.1. The van der Waals surface area contributed by atoms with Crippen LogP contribution in [0.1, 0.15) is 26.0 Å². The largest absolute Gasteiger partial charge is 0.309 e. The Balaban J connectivity index is 1.84. The maximum absolute atomic E-state index is 11.6. The molecule has 2 aromatic heterocycles. The lowest BCUT2D eigenvalue weighted by Crippen LogP contribution is -2.14. The van der Waals surface area contributed by atoms with Gasteiger partial charge in [-0.15, -0.1) is 0 Å². The van der Waals surface area contributed by atoms with Gasteiger partial charge in [0.2, 0.25) is 5.91 Å². The average molecular weight is 272 g/mol. The number of anilines is 1. The minimum atomic E-state index is 0.00924. The summed E-state index contributed by atoms with van der Waals surface area (Å²) in [6, 6.07) is 7.69. The first-order valence-corrected chi connectivity index (χ1v) is 6.86. The van der Waals surface area contributed by atoms with Crippen molar-refractivity contribution in [3.63, 3.8) is 0 Å². The van der Waals surface area contributed by atoms with E-state index in [0.717, 1.165) is 18.7 Å². The van der Waals surface area contributed by atoms with Gasteiger partial charge in [-0.05, 0) is 18.1 Å². The van der Waals surface area contributed by atoms with E-state index in [2.05, 4.69) is 15.4 Å². The normalized spacial score (nSPS) is 10.8. The van der Waals surface area contributed by atoms with Crippen LogP contribution in [-0.4, -0.2) is 20.7 Å². The Kier molecular flexibility index (Phi) is 4.87. The van der Waals surface area contributed by atoms with Crippen molar-refractivity contribution in [1.82, 2.24) is 14.8 Å². The third kappa shape index (κ3) is 4.50. The lowest BCUT2D eigenvalue weighted by molar-refractivity contribution is -0.116. The molecule has 0 saturated heterocycles. The number of hydrogen-bond acceptors (Lipinski definition) is 3. The van der Waals surface area contributed by atoms with Gasteiger partial charge in [-0.1, -0.05) is 19.9 Å². The van der Waals surface area contributed by atoms with Crippen molar-refractivity contribution in [2.45, 2.75) is 33.2 Å². The topological polar surface area (TPSA) is 59.8 Å². The number of nitrogens with one attached hydrogen (secondary N) is 1. The van der Waals surface area contributed by atoms with Crippen LogP contribution in [0.3, 0.4) is 0 Å². The summed E-state index contributed by atoms with van der Waals surface area (Å²) in [5.41, 5.74) is 1.04. The van der Waals surface area contributed by atoms with Gasteiger partial charge < -0.3 is 5.32 Å². The minimum absolute atomic E-state index is 0.00924. The summed E-state index contributed by atoms with van der Waals surface area (Å²) < 4.78 is 1.82. The van der Waals surface area contributed by atoms with Crippen LogP contribution >= 0.6 is 0 Å². The molecule has 0 bridgehead atoms. The van der Waals surface area contributed by atoms with E-state index in [1.54, 1.807) is 6.20 Å². The molecule has 0 aliphatic heterocycles. The first-order chi connectivity index (χ1) is 9.63. The highest BCUT2D eigenvalue weighted by Crippen LogP contribution is 2.07. The zero-order valence-corrected chi connectivity index (χ0v) is 11.9. The first kappa shape index (κ1) is 14.2. The molecule has 0 spiro atoms. The lowest BCUT2D eigenvalue weighted by Gasteiger charge is -2.04. The predicted octanol–water partition coefficient (Wildman–Crippen LogP) is 2.51. The van der Waals surface area contributed by atoms with Crippen molar-refractivity contribution < 1.29 is 4.79 Å². The first-order valence-electron chi connectivity index (χ1n) is 6.86. The highest BCUT2D eigenvalue weighted by molar-refractivity contribution is 5.89. The number of amides is 1. The summed E-state index contributed by atoms with van der Waals surface area (Å²) in [6.07, 6.45) is 4.99. The second-order valence-corrected chi connectivity index (χ2v) is 5.18. The quantitative estimate of drug-likeness (QED) is 0.879. The van der Waals surface area contributed by atoms with Crippen LogP contribution in [0.15, 0.2) is 36.7 Å². The van der Waals surface area contributed by atoms with Crippen LogP contribution in [0, 0.1) is 5.92 Å². The molecule has 0 fully saturated rings. The second-order valence-electron chi connectivity index (χ2n) is 5.18. The third-order valence-corrected chi connectivity index (χ3v) is 2.82. The molecule has 5 heteroatoms. The number of carbonyl (C=O) groups excluding carboxylic acids is 1. The molecule has 2 rings (SSSR count). The molecule has 0 unspecified atom stereocenters. The molecule has 2 heterocycles. The zero-order chi connectivity index (χ0) is 14.4. The van der Waals surface area contributed by atoms with E-state index < -0.39 is 0 Å². The van der Waals surface area contributed by atoms with Crippen molar-refractivity contribution in [3.05, 3.63) is 42.4 Å². The molecule has 1 N–H and O–H groups in total. The Morgan fingerprint density at radius 2 is 2.20 bits per heavy atom. The van der Waals surface area contributed by atoms with Crippen LogP contribution in [0.5, 0.6) is 0 Å². The number of hydrogen-bond donors (Lipinski definition) is 1. The molecule has 0 aliphatic carbocycles. The smallest absolute Gasteiger partial charge is 0.225 e. The molecule has 5 nitrogen and oxygen atoms in total.